The number of nitrogens with one attached hydrogen (secondary N) is 1. The minimum atomic E-state index is -4.43. The largest absolute Gasteiger partial charge is 0.416 e. The van der Waals surface area contributed by atoms with Crippen LogP contribution >= 0.6 is 0 Å². The summed E-state index contributed by atoms with van der Waals surface area (Å²) in [7, 11) is 2.20. The number of likely N-dealkylation sites (tertiary alicyclic amines) is 1. The Morgan fingerprint density at radius 1 is 1.16 bits per heavy atom. The lowest BCUT2D eigenvalue weighted by atomic mass is 9.77. The van der Waals surface area contributed by atoms with Crippen molar-refractivity contribution in [2.24, 2.45) is 5.92 Å². The van der Waals surface area contributed by atoms with E-state index in [-0.39, 0.29) is 11.9 Å². The van der Waals surface area contributed by atoms with Gasteiger partial charge in [-0.15, -0.1) is 0 Å². The second-order valence-electron chi connectivity index (χ2n) is 10.7. The molecule has 1 aromatic carbocycles. The fourth-order valence-electron chi connectivity index (χ4n) is 5.90. The molecule has 1 amide bonds. The summed E-state index contributed by atoms with van der Waals surface area (Å²) in [5.41, 5.74) is 0.00219. The molecular weight excluding hydrogens is 479 g/mol. The van der Waals surface area contributed by atoms with Crippen LogP contribution in [0, 0.1) is 5.92 Å². The fraction of sp³-hybridized carbons (Fsp3) is 0.607. The zero-order chi connectivity index (χ0) is 26.7. The minimum Gasteiger partial charge on any atom is -0.358 e. The SMILES string of the molecule is CCC[C@@H]1C[C@H](N(C)C(C)C)CC[C@@H]1N1CC[C@H](Nc2cc(-c3cccc(C(F)(F)F)c3)ncn2)C1=O. The summed E-state index contributed by atoms with van der Waals surface area (Å²) in [5, 5.41) is 3.23. The highest BCUT2D eigenvalue weighted by Crippen LogP contribution is 2.37. The van der Waals surface area contributed by atoms with Crippen molar-refractivity contribution in [1.82, 2.24) is 19.8 Å². The topological polar surface area (TPSA) is 61.4 Å². The Bertz CT molecular complexity index is 1080. The van der Waals surface area contributed by atoms with Crippen molar-refractivity contribution >= 4 is 11.7 Å². The van der Waals surface area contributed by atoms with Crippen molar-refractivity contribution in [3.8, 4) is 11.3 Å². The van der Waals surface area contributed by atoms with Crippen molar-refractivity contribution < 1.29 is 18.0 Å². The first kappa shape index (κ1) is 27.4. The van der Waals surface area contributed by atoms with E-state index in [1.165, 1.54) is 12.4 Å². The smallest absolute Gasteiger partial charge is 0.358 e. The molecule has 1 aromatic heterocycles. The number of alkyl halides is 3. The van der Waals surface area contributed by atoms with Crippen molar-refractivity contribution in [3.05, 3.63) is 42.2 Å². The molecule has 2 heterocycles. The Kier molecular flexibility index (Phi) is 8.41. The molecule has 0 unspecified atom stereocenters. The molecule has 1 saturated heterocycles. The molecule has 4 atom stereocenters. The van der Waals surface area contributed by atoms with Gasteiger partial charge in [-0.1, -0.05) is 25.5 Å². The quantitative estimate of drug-likeness (QED) is 0.476. The van der Waals surface area contributed by atoms with E-state index in [0.717, 1.165) is 44.2 Å². The third-order valence-corrected chi connectivity index (χ3v) is 8.08. The van der Waals surface area contributed by atoms with Crippen LogP contribution in [0.1, 0.15) is 64.9 Å². The normalized spacial score (nSPS) is 24.8. The molecule has 37 heavy (non-hydrogen) atoms. The van der Waals surface area contributed by atoms with Gasteiger partial charge < -0.3 is 15.1 Å². The lowest BCUT2D eigenvalue weighted by molar-refractivity contribution is -0.137. The number of halogens is 3. The summed E-state index contributed by atoms with van der Waals surface area (Å²) in [5.74, 6) is 1.01. The van der Waals surface area contributed by atoms with Crippen LogP contribution in [0.2, 0.25) is 0 Å². The zero-order valence-electron chi connectivity index (χ0n) is 22.1. The number of anilines is 1. The van der Waals surface area contributed by atoms with Crippen molar-refractivity contribution in [2.75, 3.05) is 18.9 Å². The Morgan fingerprint density at radius 3 is 2.65 bits per heavy atom. The first-order valence-electron chi connectivity index (χ1n) is 13.4. The Balaban J connectivity index is 1.44. The summed E-state index contributed by atoms with van der Waals surface area (Å²) in [4.78, 5) is 26.4. The molecular formula is C28H38F3N5O. The predicted molar refractivity (Wildman–Crippen MR) is 139 cm³/mol. The Labute approximate surface area is 217 Å². The summed E-state index contributed by atoms with van der Waals surface area (Å²) < 4.78 is 39.4. The van der Waals surface area contributed by atoms with Crippen molar-refractivity contribution in [2.45, 2.75) is 89.6 Å². The highest BCUT2D eigenvalue weighted by atomic mass is 19.4. The standard InChI is InChI=1S/C28H38F3N5O/c1-5-7-20-15-22(35(4)18(2)3)10-11-25(20)36-13-12-23(27(36)37)34-26-16-24(32-17-33-26)19-8-6-9-21(14-19)28(29,30)31/h6,8-9,14,16-18,20,22-23,25H,5,7,10-13,15H2,1-4H3,(H,32,33,34)/t20-,22-,23+,25+/m1/s1. The van der Waals surface area contributed by atoms with E-state index in [0.29, 0.717) is 48.0 Å². The van der Waals surface area contributed by atoms with E-state index in [1.54, 1.807) is 12.1 Å². The van der Waals surface area contributed by atoms with Gasteiger partial charge in [0.2, 0.25) is 5.91 Å². The number of nitrogens with zero attached hydrogens (tertiary/aromatic N) is 4. The van der Waals surface area contributed by atoms with Gasteiger partial charge in [0.05, 0.1) is 11.3 Å². The molecule has 1 aliphatic heterocycles. The van der Waals surface area contributed by atoms with E-state index in [2.05, 4.69) is 52.9 Å². The lowest BCUT2D eigenvalue weighted by Crippen LogP contribution is -2.50. The second-order valence-corrected chi connectivity index (χ2v) is 10.7. The summed E-state index contributed by atoms with van der Waals surface area (Å²) in [6.45, 7) is 7.37. The number of benzene rings is 1. The summed E-state index contributed by atoms with van der Waals surface area (Å²) in [6.07, 6.45) is 2.99. The van der Waals surface area contributed by atoms with Crippen LogP contribution in [0.3, 0.4) is 0 Å². The molecule has 2 fully saturated rings. The van der Waals surface area contributed by atoms with Gasteiger partial charge in [-0.3, -0.25) is 4.79 Å². The molecule has 2 aromatic rings. The van der Waals surface area contributed by atoms with Gasteiger partial charge >= 0.3 is 6.18 Å². The van der Waals surface area contributed by atoms with Gasteiger partial charge in [-0.2, -0.15) is 13.2 Å². The molecule has 9 heteroatoms. The Hall–Kier alpha value is -2.68. The van der Waals surface area contributed by atoms with Gasteiger partial charge in [-0.05, 0) is 71.0 Å². The maximum absolute atomic E-state index is 13.5. The first-order chi connectivity index (χ1) is 17.6. The lowest BCUT2D eigenvalue weighted by Gasteiger charge is -2.44. The minimum absolute atomic E-state index is 0.0843. The van der Waals surface area contributed by atoms with Crippen LogP contribution in [0.15, 0.2) is 36.7 Å². The molecule has 0 bridgehead atoms. The maximum Gasteiger partial charge on any atom is 0.416 e. The number of hydrogen-bond acceptors (Lipinski definition) is 5. The van der Waals surface area contributed by atoms with Crippen LogP contribution in [-0.2, 0) is 11.0 Å². The van der Waals surface area contributed by atoms with E-state index in [4.69, 9.17) is 0 Å². The van der Waals surface area contributed by atoms with Crippen LogP contribution in [0.25, 0.3) is 11.3 Å². The highest BCUT2D eigenvalue weighted by Gasteiger charge is 2.42. The number of rotatable bonds is 8. The van der Waals surface area contributed by atoms with E-state index >= 15 is 0 Å². The van der Waals surface area contributed by atoms with Gasteiger partial charge in [0.1, 0.15) is 18.2 Å². The van der Waals surface area contributed by atoms with Crippen molar-refractivity contribution in [3.63, 3.8) is 0 Å². The average molecular weight is 518 g/mol. The number of amides is 1. The van der Waals surface area contributed by atoms with Crippen molar-refractivity contribution in [1.29, 1.82) is 0 Å². The van der Waals surface area contributed by atoms with Gasteiger partial charge in [-0.25, -0.2) is 9.97 Å². The number of carbonyl (C=O) groups excluding carboxylic acids is 1. The third-order valence-electron chi connectivity index (χ3n) is 8.08. The Morgan fingerprint density at radius 2 is 1.95 bits per heavy atom. The summed E-state index contributed by atoms with van der Waals surface area (Å²) in [6, 6.07) is 7.58. The van der Waals surface area contributed by atoms with E-state index in [9.17, 15) is 18.0 Å². The van der Waals surface area contributed by atoms with E-state index < -0.39 is 17.8 Å². The van der Waals surface area contributed by atoms with Gasteiger partial charge in [0, 0.05) is 36.3 Å². The summed E-state index contributed by atoms with van der Waals surface area (Å²) >= 11 is 0. The molecule has 1 N–H and O–H groups in total. The van der Waals surface area contributed by atoms with Gasteiger partial charge in [0.15, 0.2) is 0 Å². The number of hydrogen-bond donors (Lipinski definition) is 1. The highest BCUT2D eigenvalue weighted by molar-refractivity contribution is 5.87. The van der Waals surface area contributed by atoms with Crippen LogP contribution in [-0.4, -0.2) is 63.4 Å². The van der Waals surface area contributed by atoms with Gasteiger partial charge in [0.25, 0.3) is 0 Å². The van der Waals surface area contributed by atoms with E-state index in [1.807, 2.05) is 0 Å². The molecule has 2 aliphatic rings. The van der Waals surface area contributed by atoms with Crippen LogP contribution in [0.5, 0.6) is 0 Å². The molecule has 6 nitrogen and oxygen atoms in total. The second kappa shape index (κ2) is 11.4. The first-order valence-corrected chi connectivity index (χ1v) is 13.4. The zero-order valence-corrected chi connectivity index (χ0v) is 22.1. The molecule has 1 aliphatic carbocycles. The van der Waals surface area contributed by atoms with Crippen LogP contribution in [0.4, 0.5) is 19.0 Å². The molecule has 0 spiro atoms. The molecule has 1 saturated carbocycles. The number of carbonyl (C=O) groups is 1. The third kappa shape index (κ3) is 6.25. The maximum atomic E-state index is 13.5. The number of aromatic nitrogens is 2. The molecule has 0 radical (unpaired) electrons. The molecule has 202 valence electrons. The predicted octanol–water partition coefficient (Wildman–Crippen LogP) is 5.85. The monoisotopic (exact) mass is 517 g/mol. The average Bonchev–Trinajstić information content (AvgIpc) is 3.23. The fourth-order valence-corrected chi connectivity index (χ4v) is 5.90. The molecule has 4 rings (SSSR count). The van der Waals surface area contributed by atoms with Crippen LogP contribution < -0.4 is 5.32 Å².